The number of nitrogens with one attached hydrogen (secondary N) is 2. The molecule has 4 fully saturated rings. The van der Waals surface area contributed by atoms with Gasteiger partial charge < -0.3 is 0 Å². The normalized spacial score (nSPS) is 31.0. The van der Waals surface area contributed by atoms with E-state index in [-0.39, 0.29) is 17.2 Å². The fraction of sp³-hybridized carbons (Fsp3) is 0.619. The van der Waals surface area contributed by atoms with E-state index in [2.05, 4.69) is 26.8 Å². The molecule has 1 aromatic rings. The van der Waals surface area contributed by atoms with E-state index in [1.165, 1.54) is 50.3 Å². The second-order valence-electron chi connectivity index (χ2n) is 8.89. The molecule has 6 heteroatoms. The van der Waals surface area contributed by atoms with Crippen molar-refractivity contribution in [1.82, 2.24) is 10.9 Å². The molecule has 27 heavy (non-hydrogen) atoms. The summed E-state index contributed by atoms with van der Waals surface area (Å²) in [6.45, 7) is 2.03. The van der Waals surface area contributed by atoms with Crippen molar-refractivity contribution in [3.63, 3.8) is 0 Å². The molecular weight excluding hydrogens is 424 g/mol. The highest BCUT2D eigenvalue weighted by atomic mass is 79.9. The predicted molar refractivity (Wildman–Crippen MR) is 111 cm³/mol. The molecule has 146 valence electrons. The number of hydrogen-bond donors (Lipinski definition) is 2. The molecule has 4 bridgehead atoms. The van der Waals surface area contributed by atoms with Crippen LogP contribution in [0.4, 0.5) is 0 Å². The predicted octanol–water partition coefficient (Wildman–Crippen LogP) is 4.60. The Labute approximate surface area is 173 Å². The zero-order valence-corrected chi connectivity index (χ0v) is 18.1. The molecule has 1 aromatic carbocycles. The Hall–Kier alpha value is -1.01. The lowest BCUT2D eigenvalue weighted by molar-refractivity contribution is -0.133. The molecule has 0 unspecified atom stereocenters. The Balaban J connectivity index is 1.23. The van der Waals surface area contributed by atoms with Crippen molar-refractivity contribution in [3.8, 4) is 0 Å². The molecule has 4 aliphatic carbocycles. The molecule has 0 atom stereocenters. The van der Waals surface area contributed by atoms with Gasteiger partial charge in [0, 0.05) is 15.8 Å². The lowest BCUT2D eigenvalue weighted by Gasteiger charge is -2.56. The van der Waals surface area contributed by atoms with Gasteiger partial charge in [-0.3, -0.25) is 20.4 Å². The molecule has 4 nitrogen and oxygen atoms in total. The number of halogens is 1. The van der Waals surface area contributed by atoms with Gasteiger partial charge in [0.2, 0.25) is 11.8 Å². The number of rotatable bonds is 5. The van der Waals surface area contributed by atoms with Gasteiger partial charge in [-0.2, -0.15) is 0 Å². The van der Waals surface area contributed by atoms with E-state index < -0.39 is 0 Å². The van der Waals surface area contributed by atoms with E-state index in [4.69, 9.17) is 0 Å². The third-order valence-corrected chi connectivity index (χ3v) is 8.21. The fourth-order valence-corrected chi connectivity index (χ4v) is 7.27. The van der Waals surface area contributed by atoms with Crippen LogP contribution in [-0.4, -0.2) is 17.6 Å². The topological polar surface area (TPSA) is 58.2 Å². The largest absolute Gasteiger partial charge is 0.273 e. The zero-order valence-electron chi connectivity index (χ0n) is 15.7. The minimum Gasteiger partial charge on any atom is -0.273 e. The number of carbonyl (C=O) groups is 2. The zero-order chi connectivity index (χ0) is 19.0. The minimum atomic E-state index is -0.166. The third kappa shape index (κ3) is 4.53. The van der Waals surface area contributed by atoms with Crippen LogP contribution in [0, 0.1) is 30.1 Å². The third-order valence-electron chi connectivity index (χ3n) is 6.54. The number of amides is 2. The first-order chi connectivity index (χ1) is 12.9. The lowest BCUT2D eigenvalue weighted by Crippen LogP contribution is -2.50. The van der Waals surface area contributed by atoms with Gasteiger partial charge in [-0.15, -0.1) is 11.8 Å². The molecule has 2 N–H and O–H groups in total. The van der Waals surface area contributed by atoms with Crippen LogP contribution in [0.15, 0.2) is 27.6 Å². The molecule has 0 aromatic heterocycles. The molecule has 4 saturated carbocycles. The summed E-state index contributed by atoms with van der Waals surface area (Å²) in [6, 6.07) is 6.01. The van der Waals surface area contributed by atoms with Crippen LogP contribution in [0.1, 0.15) is 50.5 Å². The van der Waals surface area contributed by atoms with E-state index in [1.807, 2.05) is 25.1 Å². The number of benzene rings is 1. The molecule has 4 aliphatic rings. The van der Waals surface area contributed by atoms with Crippen molar-refractivity contribution in [3.05, 3.63) is 28.2 Å². The molecular formula is C21H27BrN2O2S. The number of hydrogen-bond acceptors (Lipinski definition) is 3. The van der Waals surface area contributed by atoms with Gasteiger partial charge in [0.15, 0.2) is 0 Å². The quantitative estimate of drug-likeness (QED) is 0.508. The first-order valence-electron chi connectivity index (χ1n) is 9.87. The van der Waals surface area contributed by atoms with Crippen LogP contribution in [0.2, 0.25) is 0 Å². The van der Waals surface area contributed by atoms with Crippen molar-refractivity contribution in [1.29, 1.82) is 0 Å². The van der Waals surface area contributed by atoms with E-state index in [0.29, 0.717) is 12.2 Å². The molecule has 0 saturated heterocycles. The SMILES string of the molecule is Cc1cc(Br)ccc1SCC(=O)NNC(=O)CC12CC3CC(CC(C3)C1)C2. The highest BCUT2D eigenvalue weighted by Gasteiger charge is 2.51. The Bertz CT molecular complexity index is 716. The smallest absolute Gasteiger partial charge is 0.248 e. The maximum Gasteiger partial charge on any atom is 0.248 e. The minimum absolute atomic E-state index is 0.0323. The molecule has 0 radical (unpaired) electrons. The van der Waals surface area contributed by atoms with Crippen LogP contribution in [-0.2, 0) is 9.59 Å². The summed E-state index contributed by atoms with van der Waals surface area (Å²) in [5.74, 6) is 2.61. The summed E-state index contributed by atoms with van der Waals surface area (Å²) < 4.78 is 1.03. The van der Waals surface area contributed by atoms with Gasteiger partial charge in [0.25, 0.3) is 0 Å². The van der Waals surface area contributed by atoms with Gasteiger partial charge in [-0.1, -0.05) is 15.9 Å². The standard InChI is InChI=1S/C21H27BrN2O2S/c1-13-4-17(22)2-3-18(13)27-12-20(26)24-23-19(25)11-21-8-14-5-15(9-21)7-16(6-14)10-21/h2-4,14-16H,5-12H2,1H3,(H,23,25)(H,24,26). The Morgan fingerprint density at radius 1 is 1.07 bits per heavy atom. The van der Waals surface area contributed by atoms with Crippen molar-refractivity contribution < 1.29 is 9.59 Å². The second-order valence-corrected chi connectivity index (χ2v) is 10.8. The summed E-state index contributed by atoms with van der Waals surface area (Å²) in [5, 5.41) is 0. The number of carbonyl (C=O) groups excluding carboxylic acids is 2. The number of hydrazine groups is 1. The highest BCUT2D eigenvalue weighted by Crippen LogP contribution is 2.61. The molecule has 0 aliphatic heterocycles. The second kappa shape index (κ2) is 7.78. The summed E-state index contributed by atoms with van der Waals surface area (Å²) in [4.78, 5) is 25.6. The van der Waals surface area contributed by atoms with E-state index in [9.17, 15) is 9.59 Å². The van der Waals surface area contributed by atoms with Gasteiger partial charge in [-0.25, -0.2) is 0 Å². The van der Waals surface area contributed by atoms with Crippen molar-refractivity contribution in [2.24, 2.45) is 23.2 Å². The van der Waals surface area contributed by atoms with E-state index in [1.54, 1.807) is 0 Å². The Morgan fingerprint density at radius 2 is 1.67 bits per heavy atom. The first-order valence-corrected chi connectivity index (χ1v) is 11.7. The molecule has 5 rings (SSSR count). The van der Waals surface area contributed by atoms with Crippen molar-refractivity contribution in [2.75, 3.05) is 5.75 Å². The van der Waals surface area contributed by atoms with Gasteiger partial charge in [0.1, 0.15) is 0 Å². The summed E-state index contributed by atoms with van der Waals surface area (Å²) in [7, 11) is 0. The number of thioether (sulfide) groups is 1. The Morgan fingerprint density at radius 3 is 2.26 bits per heavy atom. The first kappa shape index (κ1) is 19.3. The molecule has 2 amide bonds. The van der Waals surface area contributed by atoms with Crippen LogP contribution in [0.25, 0.3) is 0 Å². The highest BCUT2D eigenvalue weighted by molar-refractivity contribution is 9.10. The summed E-state index contributed by atoms with van der Waals surface area (Å²) in [6.07, 6.45) is 8.33. The van der Waals surface area contributed by atoms with Gasteiger partial charge in [0.05, 0.1) is 5.75 Å². The summed E-state index contributed by atoms with van der Waals surface area (Å²) >= 11 is 4.93. The maximum atomic E-state index is 12.5. The van der Waals surface area contributed by atoms with E-state index >= 15 is 0 Å². The number of aryl methyl sites for hydroxylation is 1. The van der Waals surface area contributed by atoms with Crippen LogP contribution in [0.5, 0.6) is 0 Å². The van der Waals surface area contributed by atoms with Crippen molar-refractivity contribution in [2.45, 2.75) is 56.8 Å². The Kier molecular flexibility index (Phi) is 5.57. The summed E-state index contributed by atoms with van der Waals surface area (Å²) in [5.41, 5.74) is 6.59. The maximum absolute atomic E-state index is 12.5. The monoisotopic (exact) mass is 450 g/mol. The van der Waals surface area contributed by atoms with Gasteiger partial charge >= 0.3 is 0 Å². The van der Waals surface area contributed by atoms with E-state index in [0.717, 1.165) is 32.7 Å². The van der Waals surface area contributed by atoms with Gasteiger partial charge in [-0.05, 0) is 92.4 Å². The van der Waals surface area contributed by atoms with Crippen LogP contribution >= 0.6 is 27.7 Å². The lowest BCUT2D eigenvalue weighted by atomic mass is 9.49. The fourth-order valence-electron chi connectivity index (χ4n) is 5.98. The van der Waals surface area contributed by atoms with Crippen LogP contribution in [0.3, 0.4) is 0 Å². The average molecular weight is 451 g/mol. The molecule has 0 heterocycles. The average Bonchev–Trinajstić information content (AvgIpc) is 2.57. The van der Waals surface area contributed by atoms with Crippen LogP contribution < -0.4 is 10.9 Å². The molecule has 0 spiro atoms. The van der Waals surface area contributed by atoms with Crippen molar-refractivity contribution >= 4 is 39.5 Å².